The van der Waals surface area contributed by atoms with Gasteiger partial charge in [-0.1, -0.05) is 29.8 Å². The first-order valence-corrected chi connectivity index (χ1v) is 9.32. The van der Waals surface area contributed by atoms with Gasteiger partial charge in [0.25, 0.3) is 0 Å². The Labute approximate surface area is 192 Å². The number of rotatable bonds is 8. The minimum atomic E-state index is -0.752. The van der Waals surface area contributed by atoms with Crippen molar-refractivity contribution >= 4 is 47.5 Å². The number of esters is 2. The molecule has 160 valence electrons. The molecule has 2 rings (SSSR count). The monoisotopic (exact) mass is 536 g/mol. The first-order chi connectivity index (χ1) is 13.5. The summed E-state index contributed by atoms with van der Waals surface area (Å²) in [5, 5.41) is 3.52. The number of nitrogens with one attached hydrogen (secondary N) is 1. The van der Waals surface area contributed by atoms with Crippen molar-refractivity contribution in [2.75, 3.05) is 33.5 Å². The van der Waals surface area contributed by atoms with Gasteiger partial charge >= 0.3 is 11.9 Å². The second-order valence-corrected chi connectivity index (χ2v) is 6.47. The highest BCUT2D eigenvalue weighted by Gasteiger charge is 2.39. The van der Waals surface area contributed by atoms with E-state index in [1.807, 2.05) is 0 Å². The van der Waals surface area contributed by atoms with E-state index in [9.17, 15) is 9.59 Å². The first kappa shape index (κ1) is 25.4. The van der Waals surface area contributed by atoms with E-state index >= 15 is 0 Å². The number of hydrogen-bond donors (Lipinski definition) is 2. The number of ether oxygens (including phenoxy) is 3. The van der Waals surface area contributed by atoms with Gasteiger partial charge in [-0.15, -0.1) is 24.0 Å². The van der Waals surface area contributed by atoms with Gasteiger partial charge in [0.2, 0.25) is 0 Å². The highest BCUT2D eigenvalue weighted by atomic mass is 127. The van der Waals surface area contributed by atoms with Gasteiger partial charge in [-0.2, -0.15) is 0 Å². The molecule has 0 radical (unpaired) electrons. The quantitative estimate of drug-likeness (QED) is 0.299. The molecule has 1 aromatic rings. The summed E-state index contributed by atoms with van der Waals surface area (Å²) >= 11 is 6.42. The molecule has 1 unspecified atom stereocenters. The van der Waals surface area contributed by atoms with Gasteiger partial charge in [-0.05, 0) is 25.5 Å². The number of nitrogens with two attached hydrogens (primary N) is 1. The summed E-state index contributed by atoms with van der Waals surface area (Å²) in [6.07, 6.45) is 0. The summed E-state index contributed by atoms with van der Waals surface area (Å²) in [5.41, 5.74) is 7.70. The SMILES string of the molecule is CCOC(=O)C1=C(COCCN)NC(C)=C(C(=O)OC)C1c1ccccc1Cl.I. The third kappa shape index (κ3) is 5.94. The Kier molecular flexibility index (Phi) is 10.7. The van der Waals surface area contributed by atoms with Crippen molar-refractivity contribution in [3.05, 3.63) is 57.4 Å². The zero-order chi connectivity index (χ0) is 20.7. The van der Waals surface area contributed by atoms with Crippen molar-refractivity contribution in [1.82, 2.24) is 5.32 Å². The van der Waals surface area contributed by atoms with Gasteiger partial charge in [0.15, 0.2) is 0 Å². The lowest BCUT2D eigenvalue weighted by Crippen LogP contribution is -2.35. The largest absolute Gasteiger partial charge is 0.466 e. The van der Waals surface area contributed by atoms with Crippen LogP contribution < -0.4 is 11.1 Å². The van der Waals surface area contributed by atoms with Crippen LogP contribution in [0.1, 0.15) is 25.3 Å². The van der Waals surface area contributed by atoms with Crippen molar-refractivity contribution in [2.24, 2.45) is 5.73 Å². The summed E-state index contributed by atoms with van der Waals surface area (Å²) in [5.74, 6) is -1.86. The first-order valence-electron chi connectivity index (χ1n) is 8.94. The summed E-state index contributed by atoms with van der Waals surface area (Å²) in [4.78, 5) is 25.5. The van der Waals surface area contributed by atoms with Crippen LogP contribution >= 0.6 is 35.6 Å². The summed E-state index contributed by atoms with van der Waals surface area (Å²) in [6.45, 7) is 4.42. The molecule has 1 heterocycles. The molecular weight excluding hydrogens is 511 g/mol. The Morgan fingerprint density at radius 2 is 1.90 bits per heavy atom. The number of carbonyl (C=O) groups is 2. The number of dihydropyridines is 1. The van der Waals surface area contributed by atoms with Crippen molar-refractivity contribution < 1.29 is 23.8 Å². The number of benzene rings is 1. The fraction of sp³-hybridized carbons (Fsp3) is 0.400. The lowest BCUT2D eigenvalue weighted by Gasteiger charge is -2.31. The molecule has 0 amide bonds. The maximum atomic E-state index is 12.9. The molecule has 0 saturated heterocycles. The van der Waals surface area contributed by atoms with E-state index in [0.717, 1.165) is 0 Å². The highest BCUT2D eigenvalue weighted by Crippen LogP contribution is 2.41. The van der Waals surface area contributed by atoms with Gasteiger partial charge in [0, 0.05) is 17.3 Å². The van der Waals surface area contributed by atoms with Crippen LogP contribution in [0.15, 0.2) is 46.8 Å². The van der Waals surface area contributed by atoms with Crippen LogP contribution in [0.25, 0.3) is 0 Å². The van der Waals surface area contributed by atoms with E-state index in [1.165, 1.54) is 7.11 Å². The molecule has 1 aliphatic heterocycles. The molecule has 0 aliphatic carbocycles. The standard InChI is InChI=1S/C20H25ClN2O5.HI/c1-4-28-20(25)18-15(11-27-10-9-22)23-12(2)16(19(24)26-3)17(18)13-7-5-6-8-14(13)21;/h5-8,17,23H,4,9-11,22H2,1-3H3;1H. The molecule has 29 heavy (non-hydrogen) atoms. The molecule has 0 saturated carbocycles. The minimum Gasteiger partial charge on any atom is -0.466 e. The Morgan fingerprint density at radius 1 is 1.21 bits per heavy atom. The Bertz CT molecular complexity index is 810. The van der Waals surface area contributed by atoms with E-state index < -0.39 is 17.9 Å². The summed E-state index contributed by atoms with van der Waals surface area (Å²) in [6, 6.07) is 7.05. The lowest BCUT2D eigenvalue weighted by atomic mass is 9.80. The fourth-order valence-corrected chi connectivity index (χ4v) is 3.36. The van der Waals surface area contributed by atoms with Crippen molar-refractivity contribution in [2.45, 2.75) is 19.8 Å². The molecule has 1 atom stereocenters. The number of allylic oxidation sites excluding steroid dienone is 1. The van der Waals surface area contributed by atoms with Crippen LogP contribution in [0.2, 0.25) is 5.02 Å². The van der Waals surface area contributed by atoms with E-state index in [0.29, 0.717) is 40.7 Å². The van der Waals surface area contributed by atoms with Gasteiger partial charge in [-0.3, -0.25) is 0 Å². The normalized spacial score (nSPS) is 16.1. The topological polar surface area (TPSA) is 99.9 Å². The molecule has 0 aromatic heterocycles. The van der Waals surface area contributed by atoms with Gasteiger partial charge in [0.05, 0.1) is 49.7 Å². The Hall–Kier alpha value is -1.62. The molecule has 3 N–H and O–H groups in total. The van der Waals surface area contributed by atoms with Crippen LogP contribution in [-0.4, -0.2) is 45.4 Å². The second-order valence-electron chi connectivity index (χ2n) is 6.06. The lowest BCUT2D eigenvalue weighted by molar-refractivity contribution is -0.139. The summed E-state index contributed by atoms with van der Waals surface area (Å²) < 4.78 is 15.8. The highest BCUT2D eigenvalue weighted by molar-refractivity contribution is 14.0. The summed E-state index contributed by atoms with van der Waals surface area (Å²) in [7, 11) is 1.29. The van der Waals surface area contributed by atoms with Crippen LogP contribution in [0.5, 0.6) is 0 Å². The van der Waals surface area contributed by atoms with Gasteiger partial charge < -0.3 is 25.3 Å². The van der Waals surface area contributed by atoms with Gasteiger partial charge in [0.1, 0.15) is 0 Å². The van der Waals surface area contributed by atoms with Crippen LogP contribution in [0.4, 0.5) is 0 Å². The Balaban J connectivity index is 0.00000420. The van der Waals surface area contributed by atoms with Crippen LogP contribution in [0, 0.1) is 0 Å². The number of methoxy groups -OCH3 is 1. The molecular formula is C20H26ClIN2O5. The average Bonchev–Trinajstić information content (AvgIpc) is 2.67. The van der Waals surface area contributed by atoms with Gasteiger partial charge in [-0.25, -0.2) is 9.59 Å². The predicted molar refractivity (Wildman–Crippen MR) is 121 cm³/mol. The minimum absolute atomic E-state index is 0. The maximum absolute atomic E-state index is 12.9. The van der Waals surface area contributed by atoms with Crippen LogP contribution in [0.3, 0.4) is 0 Å². The molecule has 0 spiro atoms. The average molecular weight is 537 g/mol. The molecule has 1 aliphatic rings. The number of hydrogen-bond acceptors (Lipinski definition) is 7. The Morgan fingerprint density at radius 3 is 2.48 bits per heavy atom. The van der Waals surface area contributed by atoms with Crippen molar-refractivity contribution in [3.63, 3.8) is 0 Å². The van der Waals surface area contributed by atoms with Crippen LogP contribution in [-0.2, 0) is 23.8 Å². The molecule has 0 bridgehead atoms. The predicted octanol–water partition coefficient (Wildman–Crippen LogP) is 2.88. The van der Waals surface area contributed by atoms with E-state index in [4.69, 9.17) is 31.5 Å². The van der Waals surface area contributed by atoms with Crippen molar-refractivity contribution in [3.8, 4) is 0 Å². The van der Waals surface area contributed by atoms with E-state index in [-0.39, 0.29) is 42.8 Å². The fourth-order valence-electron chi connectivity index (χ4n) is 3.12. The smallest absolute Gasteiger partial charge is 0.336 e. The third-order valence-corrected chi connectivity index (χ3v) is 4.61. The van der Waals surface area contributed by atoms with E-state index in [2.05, 4.69) is 5.32 Å². The molecule has 7 nitrogen and oxygen atoms in total. The number of halogens is 2. The maximum Gasteiger partial charge on any atom is 0.336 e. The third-order valence-electron chi connectivity index (χ3n) is 4.27. The molecule has 9 heteroatoms. The molecule has 1 aromatic carbocycles. The van der Waals surface area contributed by atoms with Crippen molar-refractivity contribution in [1.29, 1.82) is 0 Å². The second kappa shape index (κ2) is 12.2. The molecule has 0 fully saturated rings. The zero-order valence-corrected chi connectivity index (χ0v) is 19.7. The zero-order valence-electron chi connectivity index (χ0n) is 16.6. The van der Waals surface area contributed by atoms with E-state index in [1.54, 1.807) is 38.1 Å². The number of carbonyl (C=O) groups excluding carboxylic acids is 2.